The van der Waals surface area contributed by atoms with Crippen LogP contribution < -0.4 is 9.64 Å². The molecule has 0 radical (unpaired) electrons. The lowest BCUT2D eigenvalue weighted by atomic mass is 9.96. The molecule has 1 amide bonds. The van der Waals surface area contributed by atoms with Crippen molar-refractivity contribution in [3.63, 3.8) is 0 Å². The van der Waals surface area contributed by atoms with Crippen LogP contribution in [0.2, 0.25) is 0 Å². The molecule has 0 saturated heterocycles. The highest BCUT2D eigenvalue weighted by atomic mass is 32.1. The maximum atomic E-state index is 13.3. The van der Waals surface area contributed by atoms with Gasteiger partial charge >= 0.3 is 5.97 Å². The standard InChI is InChI=1S/C27H22N2O5S/c1-3-34-26(32)21-23(18-14-12-17(13-15-18)16-8-5-4-6-9-16)29(25(31)24(21)30)27-28-22-19(33-2)10-7-11-20(22)35-27/h4-15,23,30H,3H2,1-2H3. The lowest BCUT2D eigenvalue weighted by Crippen LogP contribution is -2.31. The summed E-state index contributed by atoms with van der Waals surface area (Å²) in [6.07, 6.45) is 0. The van der Waals surface area contributed by atoms with Crippen LogP contribution in [-0.4, -0.2) is 35.7 Å². The van der Waals surface area contributed by atoms with Gasteiger partial charge in [-0.05, 0) is 35.7 Å². The number of thiazole rings is 1. The van der Waals surface area contributed by atoms with E-state index in [2.05, 4.69) is 4.98 Å². The number of anilines is 1. The van der Waals surface area contributed by atoms with E-state index in [1.165, 1.54) is 16.2 Å². The molecule has 0 saturated carbocycles. The summed E-state index contributed by atoms with van der Waals surface area (Å²) in [7, 11) is 1.55. The first-order valence-corrected chi connectivity index (χ1v) is 11.9. The topological polar surface area (TPSA) is 89.0 Å². The first kappa shape index (κ1) is 22.6. The zero-order valence-electron chi connectivity index (χ0n) is 19.1. The van der Waals surface area contributed by atoms with Crippen molar-refractivity contribution in [1.82, 2.24) is 4.98 Å². The highest BCUT2D eigenvalue weighted by Gasteiger charge is 2.46. The van der Waals surface area contributed by atoms with E-state index in [-0.39, 0.29) is 12.2 Å². The van der Waals surface area contributed by atoms with Gasteiger partial charge in [-0.15, -0.1) is 0 Å². The molecule has 0 fully saturated rings. The number of fused-ring (bicyclic) bond motifs is 1. The molecule has 0 aliphatic carbocycles. The summed E-state index contributed by atoms with van der Waals surface area (Å²) in [6, 6.07) is 22.0. The van der Waals surface area contributed by atoms with Crippen LogP contribution in [0.1, 0.15) is 18.5 Å². The van der Waals surface area contributed by atoms with Crippen molar-refractivity contribution in [3.8, 4) is 16.9 Å². The second kappa shape index (κ2) is 9.23. The fourth-order valence-corrected chi connectivity index (χ4v) is 5.21. The van der Waals surface area contributed by atoms with E-state index < -0.39 is 23.7 Å². The number of para-hydroxylation sites is 1. The highest BCUT2D eigenvalue weighted by molar-refractivity contribution is 7.22. The Morgan fingerprint density at radius 2 is 1.74 bits per heavy atom. The summed E-state index contributed by atoms with van der Waals surface area (Å²) in [6.45, 7) is 1.79. The Bertz CT molecular complexity index is 1440. The van der Waals surface area contributed by atoms with Crippen molar-refractivity contribution in [2.75, 3.05) is 18.6 Å². The summed E-state index contributed by atoms with van der Waals surface area (Å²) < 4.78 is 11.4. The summed E-state index contributed by atoms with van der Waals surface area (Å²) >= 11 is 1.28. The molecule has 1 atom stereocenters. The zero-order valence-corrected chi connectivity index (χ0v) is 19.9. The van der Waals surface area contributed by atoms with Gasteiger partial charge in [-0.1, -0.05) is 72.0 Å². The van der Waals surface area contributed by atoms with Crippen LogP contribution in [0.4, 0.5) is 5.13 Å². The number of methoxy groups -OCH3 is 1. The van der Waals surface area contributed by atoms with Crippen molar-refractivity contribution in [3.05, 3.63) is 89.7 Å². The van der Waals surface area contributed by atoms with E-state index in [1.54, 1.807) is 20.1 Å². The minimum absolute atomic E-state index is 0.101. The monoisotopic (exact) mass is 486 g/mol. The number of nitrogens with zero attached hydrogens (tertiary/aromatic N) is 2. The lowest BCUT2D eigenvalue weighted by molar-refractivity contribution is -0.139. The van der Waals surface area contributed by atoms with Gasteiger partial charge in [-0.2, -0.15) is 0 Å². The minimum atomic E-state index is -0.891. The second-order valence-electron chi connectivity index (χ2n) is 7.85. The molecule has 1 aliphatic rings. The van der Waals surface area contributed by atoms with Crippen LogP contribution in [0.25, 0.3) is 21.3 Å². The number of hydrogen-bond donors (Lipinski definition) is 1. The Labute approximate surface area is 205 Å². The number of benzene rings is 3. The normalized spacial score (nSPS) is 15.7. The van der Waals surface area contributed by atoms with Gasteiger partial charge in [-0.25, -0.2) is 9.78 Å². The van der Waals surface area contributed by atoms with Crippen LogP contribution in [0, 0.1) is 0 Å². The molecule has 3 aromatic carbocycles. The molecule has 176 valence electrons. The van der Waals surface area contributed by atoms with E-state index in [4.69, 9.17) is 9.47 Å². The van der Waals surface area contributed by atoms with E-state index in [0.29, 0.717) is 22.0 Å². The van der Waals surface area contributed by atoms with E-state index in [1.807, 2.05) is 66.7 Å². The number of hydrogen-bond acceptors (Lipinski definition) is 7. The Hall–Kier alpha value is -4.17. The van der Waals surface area contributed by atoms with Crippen LogP contribution >= 0.6 is 11.3 Å². The molecule has 2 heterocycles. The smallest absolute Gasteiger partial charge is 0.340 e. The quantitative estimate of drug-likeness (QED) is 0.365. The average Bonchev–Trinajstić information content (AvgIpc) is 3.43. The summed E-state index contributed by atoms with van der Waals surface area (Å²) in [4.78, 5) is 32.1. The molecule has 35 heavy (non-hydrogen) atoms. The van der Waals surface area contributed by atoms with Gasteiger partial charge in [0.25, 0.3) is 5.91 Å². The Morgan fingerprint density at radius 3 is 2.43 bits per heavy atom. The van der Waals surface area contributed by atoms with Crippen LogP contribution in [0.15, 0.2) is 84.1 Å². The largest absolute Gasteiger partial charge is 0.503 e. The van der Waals surface area contributed by atoms with Gasteiger partial charge in [-0.3, -0.25) is 9.69 Å². The maximum absolute atomic E-state index is 13.3. The van der Waals surface area contributed by atoms with Crippen molar-refractivity contribution in [2.24, 2.45) is 0 Å². The SMILES string of the molecule is CCOC(=O)C1=C(O)C(=O)N(c2nc3c(OC)cccc3s2)C1c1ccc(-c2ccccc2)cc1. The first-order chi connectivity index (χ1) is 17.0. The predicted octanol–water partition coefficient (Wildman–Crippen LogP) is 5.44. The van der Waals surface area contributed by atoms with Crippen LogP contribution in [0.5, 0.6) is 5.75 Å². The molecule has 1 aliphatic heterocycles. The third kappa shape index (κ3) is 3.91. The summed E-state index contributed by atoms with van der Waals surface area (Å²) in [5.41, 5.74) is 3.18. The predicted molar refractivity (Wildman–Crippen MR) is 135 cm³/mol. The number of carbonyl (C=O) groups excluding carboxylic acids is 2. The number of aliphatic hydroxyl groups is 1. The molecule has 4 aromatic rings. The number of ether oxygens (including phenoxy) is 2. The summed E-state index contributed by atoms with van der Waals surface area (Å²) in [5.74, 6) is -1.50. The number of aromatic nitrogens is 1. The maximum Gasteiger partial charge on any atom is 0.340 e. The molecule has 1 unspecified atom stereocenters. The number of carbonyl (C=O) groups is 2. The number of esters is 1. The molecule has 5 rings (SSSR count). The van der Waals surface area contributed by atoms with E-state index in [9.17, 15) is 14.7 Å². The molecular formula is C27H22N2O5S. The van der Waals surface area contributed by atoms with Gasteiger partial charge in [0.15, 0.2) is 10.9 Å². The number of rotatable bonds is 6. The van der Waals surface area contributed by atoms with Crippen LogP contribution in [0.3, 0.4) is 0 Å². The first-order valence-electron chi connectivity index (χ1n) is 11.1. The third-order valence-corrected chi connectivity index (χ3v) is 6.85. The summed E-state index contributed by atoms with van der Waals surface area (Å²) in [5, 5.41) is 11.1. The number of aliphatic hydroxyl groups excluding tert-OH is 1. The van der Waals surface area contributed by atoms with Crippen molar-refractivity contribution < 1.29 is 24.2 Å². The Kier molecular flexibility index (Phi) is 5.96. The Balaban J connectivity index is 1.63. The molecule has 1 N–H and O–H groups in total. The van der Waals surface area contributed by atoms with E-state index >= 15 is 0 Å². The van der Waals surface area contributed by atoms with Crippen molar-refractivity contribution in [1.29, 1.82) is 0 Å². The third-order valence-electron chi connectivity index (χ3n) is 5.83. The molecule has 8 heteroatoms. The zero-order chi connectivity index (χ0) is 24.5. The number of amides is 1. The minimum Gasteiger partial charge on any atom is -0.503 e. The molecule has 1 aromatic heterocycles. The van der Waals surface area contributed by atoms with Crippen molar-refractivity contribution >= 4 is 38.6 Å². The highest BCUT2D eigenvalue weighted by Crippen LogP contribution is 2.44. The van der Waals surface area contributed by atoms with Gasteiger partial charge in [0.2, 0.25) is 0 Å². The lowest BCUT2D eigenvalue weighted by Gasteiger charge is -2.24. The van der Waals surface area contributed by atoms with Gasteiger partial charge < -0.3 is 14.6 Å². The Morgan fingerprint density at radius 1 is 1.03 bits per heavy atom. The second-order valence-corrected chi connectivity index (χ2v) is 8.86. The molecule has 0 spiro atoms. The van der Waals surface area contributed by atoms with E-state index in [0.717, 1.165) is 15.8 Å². The molecule has 0 bridgehead atoms. The fraction of sp³-hybridized carbons (Fsp3) is 0.148. The van der Waals surface area contributed by atoms with Gasteiger partial charge in [0, 0.05) is 0 Å². The van der Waals surface area contributed by atoms with Gasteiger partial charge in [0.1, 0.15) is 22.9 Å². The van der Waals surface area contributed by atoms with Crippen LogP contribution in [-0.2, 0) is 14.3 Å². The van der Waals surface area contributed by atoms with Gasteiger partial charge in [0.05, 0.1) is 18.4 Å². The fourth-order valence-electron chi connectivity index (χ4n) is 4.20. The average molecular weight is 487 g/mol. The molecule has 7 nitrogen and oxygen atoms in total. The molecular weight excluding hydrogens is 464 g/mol. The van der Waals surface area contributed by atoms with Crippen molar-refractivity contribution in [2.45, 2.75) is 13.0 Å².